The number of aromatic nitrogens is 2. The van der Waals surface area contributed by atoms with Crippen molar-refractivity contribution >= 4 is 10.9 Å². The molecule has 26 heavy (non-hydrogen) atoms. The van der Waals surface area contributed by atoms with Crippen molar-refractivity contribution in [3.63, 3.8) is 0 Å². The topological polar surface area (TPSA) is 74.0 Å². The molecule has 5 heteroatoms. The monoisotopic (exact) mass is 347 g/mol. The molecule has 5 nitrogen and oxygen atoms in total. The van der Waals surface area contributed by atoms with Gasteiger partial charge in [0, 0.05) is 5.56 Å². The Morgan fingerprint density at radius 2 is 1.88 bits per heavy atom. The van der Waals surface area contributed by atoms with Crippen LogP contribution in [0.2, 0.25) is 0 Å². The summed E-state index contributed by atoms with van der Waals surface area (Å²) in [5, 5.41) is 9.94. The maximum Gasteiger partial charge on any atom is 0.258 e. The average molecular weight is 347 g/mol. The van der Waals surface area contributed by atoms with Crippen LogP contribution in [0.4, 0.5) is 0 Å². The Hall–Kier alpha value is -2.97. The molecule has 0 bridgehead atoms. The van der Waals surface area contributed by atoms with Gasteiger partial charge in [-0.25, -0.2) is 4.98 Å². The number of hydrogen-bond acceptors (Lipinski definition) is 3. The van der Waals surface area contributed by atoms with E-state index in [1.807, 2.05) is 42.5 Å². The number of nitrogens with zero attached hydrogens (tertiary/aromatic N) is 2. The molecule has 0 amide bonds. The second-order valence-corrected chi connectivity index (χ2v) is 6.51. The van der Waals surface area contributed by atoms with Crippen molar-refractivity contribution in [2.45, 2.75) is 32.9 Å². The molecule has 0 spiro atoms. The van der Waals surface area contributed by atoms with Crippen molar-refractivity contribution in [3.8, 4) is 6.07 Å². The maximum absolute atomic E-state index is 12.3. The summed E-state index contributed by atoms with van der Waals surface area (Å²) in [6, 6.07) is 17.4. The first-order valence-electron chi connectivity index (χ1n) is 9.00. The second-order valence-electron chi connectivity index (χ2n) is 6.51. The van der Waals surface area contributed by atoms with Gasteiger partial charge in [-0.05, 0) is 24.6 Å². The van der Waals surface area contributed by atoms with Crippen molar-refractivity contribution in [1.29, 1.82) is 5.26 Å². The molecule has 0 saturated carbocycles. The lowest BCUT2D eigenvalue weighted by atomic mass is 10.1. The van der Waals surface area contributed by atoms with Gasteiger partial charge >= 0.3 is 0 Å². The normalized spacial score (nSPS) is 12.0. The van der Waals surface area contributed by atoms with E-state index in [4.69, 9.17) is 0 Å². The SMILES string of the molecule is CCCC[NH+](Cc1nc2ccccc2c(=O)[nH]1)Cc1ccccc1C#N. The molecule has 0 fully saturated rings. The largest absolute Gasteiger partial charge is 0.325 e. The molecule has 1 atom stereocenters. The number of fused-ring (bicyclic) bond motifs is 1. The number of para-hydroxylation sites is 1. The van der Waals surface area contributed by atoms with E-state index in [1.165, 1.54) is 4.90 Å². The van der Waals surface area contributed by atoms with Crippen LogP contribution >= 0.6 is 0 Å². The van der Waals surface area contributed by atoms with Crippen LogP contribution < -0.4 is 10.5 Å². The van der Waals surface area contributed by atoms with Gasteiger partial charge in [0.05, 0.1) is 29.1 Å². The smallest absolute Gasteiger partial charge is 0.258 e. The number of nitrogens with one attached hydrogen (secondary N) is 2. The fourth-order valence-electron chi connectivity index (χ4n) is 3.17. The first-order chi connectivity index (χ1) is 12.7. The number of unbranched alkanes of at least 4 members (excludes halogenated alkanes) is 1. The van der Waals surface area contributed by atoms with E-state index < -0.39 is 0 Å². The van der Waals surface area contributed by atoms with Crippen molar-refractivity contribution in [3.05, 3.63) is 75.8 Å². The number of H-pyrrole nitrogens is 1. The Morgan fingerprint density at radius 1 is 1.12 bits per heavy atom. The molecule has 132 valence electrons. The highest BCUT2D eigenvalue weighted by atomic mass is 16.1. The van der Waals surface area contributed by atoms with Crippen LogP contribution in [0, 0.1) is 11.3 Å². The Bertz CT molecular complexity index is 987. The quantitative estimate of drug-likeness (QED) is 0.688. The minimum Gasteiger partial charge on any atom is -0.325 e. The van der Waals surface area contributed by atoms with Crippen molar-refractivity contribution in [2.24, 2.45) is 0 Å². The summed E-state index contributed by atoms with van der Waals surface area (Å²) in [6.07, 6.45) is 2.19. The molecule has 0 saturated heterocycles. The molecular formula is C21H23N4O+. The van der Waals surface area contributed by atoms with Gasteiger partial charge in [0.25, 0.3) is 5.56 Å². The van der Waals surface area contributed by atoms with Crippen LogP contribution in [0.5, 0.6) is 0 Å². The molecule has 1 aromatic heterocycles. The first-order valence-corrected chi connectivity index (χ1v) is 9.00. The lowest BCUT2D eigenvalue weighted by Gasteiger charge is -2.19. The van der Waals surface area contributed by atoms with E-state index in [0.29, 0.717) is 23.3 Å². The number of quaternary nitrogens is 1. The zero-order valence-electron chi connectivity index (χ0n) is 15.0. The van der Waals surface area contributed by atoms with E-state index >= 15 is 0 Å². The molecule has 0 radical (unpaired) electrons. The van der Waals surface area contributed by atoms with Crippen LogP contribution in [0.25, 0.3) is 10.9 Å². The molecule has 0 aliphatic heterocycles. The summed E-state index contributed by atoms with van der Waals surface area (Å²) in [4.78, 5) is 21.1. The summed E-state index contributed by atoms with van der Waals surface area (Å²) in [5.41, 5.74) is 2.36. The summed E-state index contributed by atoms with van der Waals surface area (Å²) in [7, 11) is 0. The summed E-state index contributed by atoms with van der Waals surface area (Å²) >= 11 is 0. The summed E-state index contributed by atoms with van der Waals surface area (Å²) in [6.45, 7) is 4.49. The molecular weight excluding hydrogens is 324 g/mol. The summed E-state index contributed by atoms with van der Waals surface area (Å²) in [5.74, 6) is 0.689. The minimum atomic E-state index is -0.0992. The van der Waals surface area contributed by atoms with Gasteiger partial charge in [-0.15, -0.1) is 0 Å². The predicted molar refractivity (Wildman–Crippen MR) is 102 cm³/mol. The fraction of sp³-hybridized carbons (Fsp3) is 0.286. The first kappa shape index (κ1) is 17.8. The third-order valence-corrected chi connectivity index (χ3v) is 4.54. The molecule has 3 aromatic rings. The predicted octanol–water partition coefficient (Wildman–Crippen LogP) is 2.18. The molecule has 1 unspecified atom stereocenters. The molecule has 3 rings (SSSR count). The molecule has 0 aliphatic carbocycles. The van der Waals surface area contributed by atoms with Gasteiger partial charge in [0.2, 0.25) is 0 Å². The number of hydrogen-bond donors (Lipinski definition) is 2. The summed E-state index contributed by atoms with van der Waals surface area (Å²) < 4.78 is 0. The highest BCUT2D eigenvalue weighted by Gasteiger charge is 2.15. The lowest BCUT2D eigenvalue weighted by molar-refractivity contribution is -0.928. The Morgan fingerprint density at radius 3 is 2.69 bits per heavy atom. The van der Waals surface area contributed by atoms with Crippen LogP contribution in [0.15, 0.2) is 53.3 Å². The third-order valence-electron chi connectivity index (χ3n) is 4.54. The zero-order chi connectivity index (χ0) is 18.4. The Balaban J connectivity index is 1.87. The van der Waals surface area contributed by atoms with E-state index in [1.54, 1.807) is 6.07 Å². The van der Waals surface area contributed by atoms with Crippen LogP contribution in [-0.2, 0) is 13.1 Å². The minimum absolute atomic E-state index is 0.0992. The van der Waals surface area contributed by atoms with E-state index in [-0.39, 0.29) is 5.56 Å². The molecule has 2 aromatic carbocycles. The van der Waals surface area contributed by atoms with Crippen LogP contribution in [0.1, 0.15) is 36.7 Å². The number of benzene rings is 2. The Kier molecular flexibility index (Phi) is 5.77. The zero-order valence-corrected chi connectivity index (χ0v) is 15.0. The van der Waals surface area contributed by atoms with Crippen molar-refractivity contribution in [2.75, 3.05) is 6.54 Å². The molecule has 2 N–H and O–H groups in total. The van der Waals surface area contributed by atoms with Gasteiger partial charge in [0.15, 0.2) is 5.82 Å². The van der Waals surface area contributed by atoms with Crippen molar-refractivity contribution < 1.29 is 4.90 Å². The average Bonchev–Trinajstić information content (AvgIpc) is 2.66. The van der Waals surface area contributed by atoms with E-state index in [2.05, 4.69) is 23.0 Å². The van der Waals surface area contributed by atoms with Crippen LogP contribution in [0.3, 0.4) is 0 Å². The standard InChI is InChI=1S/C21H22N4O/c1-2-3-12-25(14-17-9-5-4-8-16(17)13-22)15-20-23-19-11-7-6-10-18(19)21(26)24-20/h4-11H,2-3,12,14-15H2,1H3,(H,23,24,26)/p+1. The van der Waals surface area contributed by atoms with E-state index in [0.717, 1.165) is 37.0 Å². The molecule has 0 aliphatic rings. The van der Waals surface area contributed by atoms with Gasteiger partial charge in [-0.3, -0.25) is 4.79 Å². The van der Waals surface area contributed by atoms with Gasteiger partial charge in [-0.2, -0.15) is 5.26 Å². The fourth-order valence-corrected chi connectivity index (χ4v) is 3.17. The highest BCUT2D eigenvalue weighted by Crippen LogP contribution is 2.07. The van der Waals surface area contributed by atoms with Gasteiger partial charge in [0.1, 0.15) is 13.1 Å². The Labute approximate surface area is 152 Å². The van der Waals surface area contributed by atoms with Gasteiger partial charge < -0.3 is 9.88 Å². The molecule has 1 heterocycles. The highest BCUT2D eigenvalue weighted by molar-refractivity contribution is 5.77. The number of aromatic amines is 1. The van der Waals surface area contributed by atoms with Crippen molar-refractivity contribution in [1.82, 2.24) is 9.97 Å². The van der Waals surface area contributed by atoms with Crippen LogP contribution in [-0.4, -0.2) is 16.5 Å². The second kappa shape index (κ2) is 8.41. The van der Waals surface area contributed by atoms with E-state index in [9.17, 15) is 10.1 Å². The maximum atomic E-state index is 12.3. The number of nitriles is 1. The third kappa shape index (κ3) is 4.16. The van der Waals surface area contributed by atoms with Gasteiger partial charge in [-0.1, -0.05) is 43.7 Å². The number of rotatable bonds is 7. The lowest BCUT2D eigenvalue weighted by Crippen LogP contribution is -3.09.